The number of aromatic nitrogens is 2. The Hall–Kier alpha value is -11.7. The van der Waals surface area contributed by atoms with Crippen molar-refractivity contribution in [3.63, 3.8) is 0 Å². The van der Waals surface area contributed by atoms with Crippen LogP contribution in [-0.4, -0.2) is 9.13 Å². The van der Waals surface area contributed by atoms with Gasteiger partial charge in [-0.3, -0.25) is 0 Å². The van der Waals surface area contributed by atoms with Crippen LogP contribution in [0.25, 0.3) is 88.4 Å². The molecule has 0 bridgehead atoms. The van der Waals surface area contributed by atoms with E-state index in [-0.39, 0.29) is 0 Å². The summed E-state index contributed by atoms with van der Waals surface area (Å²) in [5.41, 5.74) is 24.5. The highest BCUT2D eigenvalue weighted by Gasteiger charge is 2.47. The average molecular weight is 1140 g/mol. The van der Waals surface area contributed by atoms with Gasteiger partial charge in [-0.1, -0.05) is 231 Å². The van der Waals surface area contributed by atoms with Gasteiger partial charge in [0.25, 0.3) is 0 Å². The van der Waals surface area contributed by atoms with Crippen molar-refractivity contribution in [2.45, 2.75) is 5.41 Å². The first-order valence-electron chi connectivity index (χ1n) is 30.6. The molecule has 0 aliphatic heterocycles. The first kappa shape index (κ1) is 51.7. The second-order valence-corrected chi connectivity index (χ2v) is 23.2. The van der Waals surface area contributed by atoms with Crippen molar-refractivity contribution in [1.29, 1.82) is 0 Å². The Kier molecular flexibility index (Phi) is 12.4. The van der Waals surface area contributed by atoms with Gasteiger partial charge in [0, 0.05) is 67.0 Å². The summed E-state index contributed by atoms with van der Waals surface area (Å²) in [6, 6.07) is 130. The van der Waals surface area contributed by atoms with Crippen LogP contribution in [0.3, 0.4) is 0 Å². The number of hydrogen-bond acceptors (Lipinski definition) is 2. The summed E-state index contributed by atoms with van der Waals surface area (Å²) in [5.74, 6) is 0. The number of rotatable bonds is 12. The van der Waals surface area contributed by atoms with Crippen molar-refractivity contribution in [2.75, 3.05) is 9.80 Å². The second kappa shape index (κ2) is 21.4. The van der Waals surface area contributed by atoms with Crippen molar-refractivity contribution in [2.24, 2.45) is 0 Å². The van der Waals surface area contributed by atoms with Gasteiger partial charge in [0.05, 0.1) is 27.5 Å². The molecule has 2 aromatic heterocycles. The smallest absolute Gasteiger partial charge is 0.0715 e. The standard InChI is InChI=1S/C85H58N4/c1-5-21-59(22-6-1)61-37-41-63(42-38-61)85(64-43-39-62(40-44-64)60-23-7-2-8-24-60)79-57-71(86(65-25-9-3-10-26-65)67-45-49-69(50-46-67)88-81-33-17-13-29-75(81)76-30-14-18-34-82(76)88)53-55-73(79)74-56-54-72(58-80(74)85)87(66-27-11-4-12-28-66)68-47-51-70(52-48-68)89-83-35-19-15-31-77(83)78-32-16-20-36-84(78)89/h1-58H. The molecule has 14 aromatic carbocycles. The lowest BCUT2D eigenvalue weighted by atomic mass is 9.67. The maximum absolute atomic E-state index is 2.49. The molecule has 0 amide bonds. The summed E-state index contributed by atoms with van der Waals surface area (Å²) in [6.07, 6.45) is 0. The number of hydrogen-bond donors (Lipinski definition) is 0. The molecular weight excluding hydrogens is 1080 g/mol. The fourth-order valence-corrected chi connectivity index (χ4v) is 14.4. The molecule has 89 heavy (non-hydrogen) atoms. The summed E-state index contributed by atoms with van der Waals surface area (Å²) >= 11 is 0. The maximum Gasteiger partial charge on any atom is 0.0715 e. The van der Waals surface area contributed by atoms with Gasteiger partial charge < -0.3 is 18.9 Å². The fraction of sp³-hybridized carbons (Fsp3) is 0.0118. The molecular formula is C85H58N4. The number of benzene rings is 14. The van der Waals surface area contributed by atoms with E-state index >= 15 is 0 Å². The quantitative estimate of drug-likeness (QED) is 0.121. The van der Waals surface area contributed by atoms with Crippen LogP contribution in [0, 0.1) is 0 Å². The monoisotopic (exact) mass is 1130 g/mol. The molecule has 1 aliphatic rings. The number of nitrogens with zero attached hydrogens (tertiary/aromatic N) is 4. The molecule has 0 unspecified atom stereocenters. The van der Waals surface area contributed by atoms with Crippen LogP contribution >= 0.6 is 0 Å². The highest BCUT2D eigenvalue weighted by Crippen LogP contribution is 2.59. The van der Waals surface area contributed by atoms with Crippen molar-refractivity contribution in [3.05, 3.63) is 374 Å². The topological polar surface area (TPSA) is 16.3 Å². The van der Waals surface area contributed by atoms with E-state index < -0.39 is 5.41 Å². The van der Waals surface area contributed by atoms with E-state index in [4.69, 9.17) is 0 Å². The molecule has 0 spiro atoms. The van der Waals surface area contributed by atoms with Crippen molar-refractivity contribution in [3.8, 4) is 44.8 Å². The Bertz CT molecular complexity index is 4820. The summed E-state index contributed by atoms with van der Waals surface area (Å²) in [6.45, 7) is 0. The van der Waals surface area contributed by atoms with Gasteiger partial charge in [-0.2, -0.15) is 0 Å². The fourth-order valence-electron chi connectivity index (χ4n) is 14.4. The molecule has 17 rings (SSSR count). The summed E-state index contributed by atoms with van der Waals surface area (Å²) in [7, 11) is 0. The lowest BCUT2D eigenvalue weighted by Crippen LogP contribution is -2.29. The predicted molar refractivity (Wildman–Crippen MR) is 373 cm³/mol. The molecule has 2 heterocycles. The number of anilines is 6. The highest BCUT2D eigenvalue weighted by molar-refractivity contribution is 6.10. The van der Waals surface area contributed by atoms with Crippen LogP contribution in [0.2, 0.25) is 0 Å². The Balaban J connectivity index is 0.872. The van der Waals surface area contributed by atoms with Gasteiger partial charge >= 0.3 is 0 Å². The van der Waals surface area contributed by atoms with Gasteiger partial charge in [-0.05, 0) is 177 Å². The Morgan fingerprint density at radius 2 is 0.483 bits per heavy atom. The minimum absolute atomic E-state index is 0.799. The predicted octanol–water partition coefficient (Wildman–Crippen LogP) is 22.5. The van der Waals surface area contributed by atoms with Gasteiger partial charge in [-0.15, -0.1) is 0 Å². The van der Waals surface area contributed by atoms with Crippen LogP contribution < -0.4 is 9.80 Å². The van der Waals surface area contributed by atoms with Crippen molar-refractivity contribution in [1.82, 2.24) is 9.13 Å². The van der Waals surface area contributed by atoms with Crippen molar-refractivity contribution < 1.29 is 0 Å². The molecule has 16 aromatic rings. The third-order valence-electron chi connectivity index (χ3n) is 18.4. The third kappa shape index (κ3) is 8.52. The van der Waals surface area contributed by atoms with Gasteiger partial charge in [0.15, 0.2) is 0 Å². The van der Waals surface area contributed by atoms with Crippen LogP contribution in [0.15, 0.2) is 352 Å². The minimum atomic E-state index is -0.799. The SMILES string of the molecule is c1ccc(-c2ccc(C3(c4ccc(-c5ccccc5)cc4)c4cc(N(c5ccccc5)c5ccc(-n6c7ccccc7c7ccccc76)cc5)ccc4-c4ccc(N(c5ccccc5)c5ccc(-n6c7ccccc7c7ccccc76)cc5)cc43)cc2)cc1. The Morgan fingerprint density at radius 1 is 0.213 bits per heavy atom. The highest BCUT2D eigenvalue weighted by atomic mass is 15.2. The van der Waals surface area contributed by atoms with Gasteiger partial charge in [-0.25, -0.2) is 0 Å². The molecule has 0 fully saturated rings. The molecule has 0 saturated heterocycles. The van der Waals surface area contributed by atoms with Crippen LogP contribution in [0.1, 0.15) is 22.3 Å². The van der Waals surface area contributed by atoms with E-state index in [1.54, 1.807) is 0 Å². The maximum atomic E-state index is 2.49. The lowest BCUT2D eigenvalue weighted by Gasteiger charge is -2.36. The average Bonchev–Trinajstić information content (AvgIpc) is 1.58. The number of fused-ring (bicyclic) bond motifs is 9. The molecule has 0 radical (unpaired) electrons. The van der Waals surface area contributed by atoms with Gasteiger partial charge in [0.2, 0.25) is 0 Å². The zero-order chi connectivity index (χ0) is 58.8. The Labute approximate surface area is 518 Å². The molecule has 0 atom stereocenters. The lowest BCUT2D eigenvalue weighted by molar-refractivity contribution is 0.768. The van der Waals surface area contributed by atoms with Gasteiger partial charge in [0.1, 0.15) is 0 Å². The molecule has 4 nitrogen and oxygen atoms in total. The van der Waals surface area contributed by atoms with E-state index in [0.717, 1.165) is 45.5 Å². The first-order valence-corrected chi connectivity index (χ1v) is 30.6. The van der Waals surface area contributed by atoms with Crippen molar-refractivity contribution >= 4 is 77.7 Å². The minimum Gasteiger partial charge on any atom is -0.310 e. The zero-order valence-corrected chi connectivity index (χ0v) is 48.8. The summed E-state index contributed by atoms with van der Waals surface area (Å²) in [5, 5.41) is 4.98. The molecule has 0 N–H and O–H groups in total. The van der Waals surface area contributed by atoms with Crippen LogP contribution in [0.4, 0.5) is 34.1 Å². The summed E-state index contributed by atoms with van der Waals surface area (Å²) < 4.78 is 4.78. The molecule has 4 heteroatoms. The van der Waals surface area contributed by atoms with E-state index in [1.807, 2.05) is 0 Å². The second-order valence-electron chi connectivity index (χ2n) is 23.2. The number of para-hydroxylation sites is 6. The van der Waals surface area contributed by atoms with E-state index in [0.29, 0.717) is 0 Å². The summed E-state index contributed by atoms with van der Waals surface area (Å²) in [4.78, 5) is 4.85. The van der Waals surface area contributed by atoms with Crippen LogP contribution in [0.5, 0.6) is 0 Å². The van der Waals surface area contributed by atoms with Crippen LogP contribution in [-0.2, 0) is 5.41 Å². The van der Waals surface area contributed by atoms with E-state index in [2.05, 4.69) is 371 Å². The van der Waals surface area contributed by atoms with E-state index in [1.165, 1.54) is 99.2 Å². The molecule has 1 aliphatic carbocycles. The first-order chi connectivity index (χ1) is 44.2. The Morgan fingerprint density at radius 3 is 0.820 bits per heavy atom. The zero-order valence-electron chi connectivity index (χ0n) is 48.8. The molecule has 418 valence electrons. The largest absolute Gasteiger partial charge is 0.310 e. The van der Waals surface area contributed by atoms with E-state index in [9.17, 15) is 0 Å². The normalized spacial score (nSPS) is 12.4. The molecule has 0 saturated carbocycles. The third-order valence-corrected chi connectivity index (χ3v) is 18.4.